The highest BCUT2D eigenvalue weighted by molar-refractivity contribution is 14.1. The van der Waals surface area contributed by atoms with E-state index in [0.717, 1.165) is 34.0 Å². The Morgan fingerprint density at radius 3 is 2.48 bits per heavy atom. The molecule has 0 aliphatic heterocycles. The highest BCUT2D eigenvalue weighted by Crippen LogP contribution is 2.48. The molecule has 3 aromatic rings. The molecule has 2 aromatic carbocycles. The van der Waals surface area contributed by atoms with Crippen LogP contribution in [-0.4, -0.2) is 9.53 Å². The highest BCUT2D eigenvalue weighted by atomic mass is 127. The maximum atomic E-state index is 11.4. The van der Waals surface area contributed by atoms with E-state index in [1.807, 2.05) is 54.6 Å². The summed E-state index contributed by atoms with van der Waals surface area (Å²) in [5, 5.41) is 12.8. The van der Waals surface area contributed by atoms with Gasteiger partial charge in [0, 0.05) is 42.9 Å². The number of hydrogen-bond acceptors (Lipinski definition) is 3. The van der Waals surface area contributed by atoms with Crippen LogP contribution in [0.25, 0.3) is 22.5 Å². The van der Waals surface area contributed by atoms with Gasteiger partial charge in [0.2, 0.25) is 0 Å². The lowest BCUT2D eigenvalue weighted by Gasteiger charge is -2.17. The molecule has 1 aromatic heterocycles. The predicted molar refractivity (Wildman–Crippen MR) is 137 cm³/mol. The number of furan rings is 1. The molecule has 1 heterocycles. The monoisotopic (exact) mass is 565 g/mol. The van der Waals surface area contributed by atoms with Crippen LogP contribution in [-0.2, 0) is 0 Å². The first kappa shape index (κ1) is 22.5. The molecule has 3 N–H and O–H groups in total. The Morgan fingerprint density at radius 2 is 1.84 bits per heavy atom. The molecule has 160 valence electrons. The van der Waals surface area contributed by atoms with Gasteiger partial charge in [-0.2, -0.15) is 0 Å². The van der Waals surface area contributed by atoms with Gasteiger partial charge in [-0.25, -0.2) is 0 Å². The number of nitrogens with two attached hydrogens (primary N) is 1. The maximum absolute atomic E-state index is 11.4. The number of rotatable bonds is 7. The average Bonchev–Trinajstić information content (AvgIpc) is 3.53. The van der Waals surface area contributed by atoms with Crippen LogP contribution in [0.4, 0.5) is 0 Å². The van der Waals surface area contributed by atoms with E-state index in [1.165, 1.54) is 11.8 Å². The number of aliphatic hydroxyl groups excluding tert-OH is 1. The van der Waals surface area contributed by atoms with E-state index in [2.05, 4.69) is 22.6 Å². The minimum Gasteiger partial charge on any atom is -0.463 e. The lowest BCUT2D eigenvalue weighted by Crippen LogP contribution is -2.05. The minimum absolute atomic E-state index is 0.482. The molecule has 1 saturated carbocycles. The zero-order valence-electron chi connectivity index (χ0n) is 16.7. The van der Waals surface area contributed by atoms with Gasteiger partial charge in [-0.3, -0.25) is 0 Å². The summed E-state index contributed by atoms with van der Waals surface area (Å²) < 4.78 is 6.86. The van der Waals surface area contributed by atoms with Gasteiger partial charge in [0.15, 0.2) is 0 Å². The number of benzene rings is 2. The summed E-state index contributed by atoms with van der Waals surface area (Å²) in [5.74, 6) is 1.08. The minimum atomic E-state index is -0.952. The third kappa shape index (κ3) is 4.87. The largest absolute Gasteiger partial charge is 0.463 e. The molecule has 0 bridgehead atoms. The topological polar surface area (TPSA) is 59.4 Å². The van der Waals surface area contributed by atoms with E-state index in [0.29, 0.717) is 32.9 Å². The second kappa shape index (κ2) is 9.82. The molecule has 1 aliphatic rings. The maximum Gasteiger partial charge on any atom is 0.140 e. The molecule has 0 spiro atoms. The fraction of sp³-hybridized carbons (Fsp3) is 0.200. The van der Waals surface area contributed by atoms with Crippen LogP contribution in [0.15, 0.2) is 77.1 Å². The molecule has 0 amide bonds. The summed E-state index contributed by atoms with van der Waals surface area (Å²) in [6.07, 6.45) is 8.30. The summed E-state index contributed by atoms with van der Waals surface area (Å²) in [6.45, 7) is 0. The lowest BCUT2D eigenvalue weighted by molar-refractivity contribution is 0.219. The number of alkyl halides is 1. The van der Waals surface area contributed by atoms with Crippen LogP contribution in [0, 0.1) is 0 Å². The Morgan fingerprint density at radius 1 is 1.13 bits per heavy atom. The molecule has 0 radical (unpaired) electrons. The van der Waals surface area contributed by atoms with Crippen molar-refractivity contribution in [3.63, 3.8) is 0 Å². The lowest BCUT2D eigenvalue weighted by atomic mass is 9.89. The van der Waals surface area contributed by atoms with E-state index in [1.54, 1.807) is 6.26 Å². The summed E-state index contributed by atoms with van der Waals surface area (Å²) in [7, 11) is 0. The van der Waals surface area contributed by atoms with Crippen molar-refractivity contribution in [3.8, 4) is 22.5 Å². The number of aliphatic hydroxyl groups is 1. The van der Waals surface area contributed by atoms with Crippen molar-refractivity contribution >= 4 is 45.8 Å². The Labute approximate surface area is 205 Å². The molecular weight excluding hydrogens is 544 g/mol. The van der Waals surface area contributed by atoms with Gasteiger partial charge in [0.1, 0.15) is 11.9 Å². The first-order chi connectivity index (χ1) is 15.0. The molecule has 0 saturated heterocycles. The summed E-state index contributed by atoms with van der Waals surface area (Å²) in [5.41, 5.74) is 11.1. The van der Waals surface area contributed by atoms with Crippen molar-refractivity contribution in [1.29, 1.82) is 0 Å². The van der Waals surface area contributed by atoms with Crippen molar-refractivity contribution in [3.05, 3.63) is 93.8 Å². The van der Waals surface area contributed by atoms with E-state index in [-0.39, 0.29) is 0 Å². The molecule has 1 atom stereocenters. The van der Waals surface area contributed by atoms with Gasteiger partial charge in [0.25, 0.3) is 0 Å². The van der Waals surface area contributed by atoms with Crippen LogP contribution in [0.2, 0.25) is 10.0 Å². The summed E-state index contributed by atoms with van der Waals surface area (Å²) >= 11 is 14.6. The van der Waals surface area contributed by atoms with Crippen LogP contribution in [0.3, 0.4) is 0 Å². The van der Waals surface area contributed by atoms with Crippen LogP contribution < -0.4 is 5.73 Å². The van der Waals surface area contributed by atoms with Gasteiger partial charge in [0.05, 0.1) is 6.26 Å². The SMILES string of the molecule is N/C=C(\C=C/CI)C(O)c1c(-c2ccc(Cl)cc2C2CC2)coc1-c1ccc(Cl)cc1. The summed E-state index contributed by atoms with van der Waals surface area (Å²) in [4.78, 5) is 0. The van der Waals surface area contributed by atoms with Crippen LogP contribution in [0.5, 0.6) is 0 Å². The second-order valence-corrected chi connectivity index (χ2v) is 9.28. The van der Waals surface area contributed by atoms with E-state index < -0.39 is 6.10 Å². The summed E-state index contributed by atoms with van der Waals surface area (Å²) in [6, 6.07) is 13.3. The first-order valence-corrected chi connectivity index (χ1v) is 12.3. The second-order valence-electron chi connectivity index (χ2n) is 7.53. The molecule has 4 rings (SSSR count). The fourth-order valence-corrected chi connectivity index (χ4v) is 4.33. The molecular formula is C25H22Cl2INO2. The Kier molecular flexibility index (Phi) is 7.12. The van der Waals surface area contributed by atoms with E-state index in [4.69, 9.17) is 33.4 Å². The van der Waals surface area contributed by atoms with Gasteiger partial charge >= 0.3 is 0 Å². The molecule has 6 heteroatoms. The average molecular weight is 566 g/mol. The molecule has 1 unspecified atom stereocenters. The zero-order chi connectivity index (χ0) is 22.0. The van der Waals surface area contributed by atoms with Crippen molar-refractivity contribution in [2.24, 2.45) is 5.73 Å². The number of hydrogen-bond donors (Lipinski definition) is 2. The van der Waals surface area contributed by atoms with E-state index in [9.17, 15) is 5.11 Å². The van der Waals surface area contributed by atoms with E-state index >= 15 is 0 Å². The molecule has 1 fully saturated rings. The smallest absolute Gasteiger partial charge is 0.140 e. The van der Waals surface area contributed by atoms with Gasteiger partial charge in [-0.1, -0.05) is 64.0 Å². The van der Waals surface area contributed by atoms with Gasteiger partial charge in [-0.05, 0) is 66.3 Å². The number of halogens is 3. The van der Waals surface area contributed by atoms with Crippen molar-refractivity contribution in [1.82, 2.24) is 0 Å². The Hall–Kier alpha value is -1.73. The van der Waals surface area contributed by atoms with Crippen molar-refractivity contribution in [2.45, 2.75) is 24.9 Å². The third-order valence-electron chi connectivity index (χ3n) is 5.44. The van der Waals surface area contributed by atoms with Crippen molar-refractivity contribution in [2.75, 3.05) is 4.43 Å². The van der Waals surface area contributed by atoms with Gasteiger partial charge in [-0.15, -0.1) is 0 Å². The predicted octanol–water partition coefficient (Wildman–Crippen LogP) is 7.67. The fourth-order valence-electron chi connectivity index (χ4n) is 3.77. The zero-order valence-corrected chi connectivity index (χ0v) is 20.4. The van der Waals surface area contributed by atoms with Gasteiger partial charge < -0.3 is 15.3 Å². The third-order valence-corrected chi connectivity index (χ3v) is 6.43. The Balaban J connectivity index is 1.91. The number of allylic oxidation sites excluding steroid dienone is 1. The Bertz CT molecular complexity index is 1130. The normalized spacial score (nSPS) is 15.5. The quantitative estimate of drug-likeness (QED) is 0.175. The molecule has 1 aliphatic carbocycles. The molecule has 3 nitrogen and oxygen atoms in total. The molecule has 31 heavy (non-hydrogen) atoms. The van der Waals surface area contributed by atoms with Crippen LogP contribution in [0.1, 0.15) is 36.0 Å². The highest BCUT2D eigenvalue weighted by Gasteiger charge is 2.31. The first-order valence-electron chi connectivity index (χ1n) is 10.0. The van der Waals surface area contributed by atoms with Crippen molar-refractivity contribution < 1.29 is 9.52 Å². The van der Waals surface area contributed by atoms with Crippen LogP contribution >= 0.6 is 45.8 Å². The standard InChI is InChI=1S/C25H22Cl2INO2/c26-18-7-5-16(6-8-18)25-23(24(30)17(13-29)2-1-11-28)22(14-31-25)20-10-9-19(27)12-21(20)15-3-4-15/h1-2,5-10,12-15,24,30H,3-4,11,29H2/b2-1-,17-13+.